The lowest BCUT2D eigenvalue weighted by Gasteiger charge is -2.06. The van der Waals surface area contributed by atoms with Crippen molar-refractivity contribution in [1.29, 1.82) is 0 Å². The van der Waals surface area contributed by atoms with E-state index in [0.717, 1.165) is 11.3 Å². The summed E-state index contributed by atoms with van der Waals surface area (Å²) in [6.07, 6.45) is 0. The second kappa shape index (κ2) is 4.85. The highest BCUT2D eigenvalue weighted by molar-refractivity contribution is 14.1. The number of ether oxygens (including phenoxy) is 1. The first-order valence-corrected chi connectivity index (χ1v) is 5.96. The van der Waals surface area contributed by atoms with Crippen molar-refractivity contribution in [3.63, 3.8) is 0 Å². The number of methoxy groups -OCH3 is 1. The lowest BCUT2D eigenvalue weighted by Crippen LogP contribution is -1.92. The van der Waals surface area contributed by atoms with E-state index in [9.17, 15) is 0 Å². The molecule has 0 aliphatic heterocycles. The molecule has 0 amide bonds. The van der Waals surface area contributed by atoms with Gasteiger partial charge in [-0.1, -0.05) is 0 Å². The Balaban J connectivity index is 3.19. The van der Waals surface area contributed by atoms with E-state index in [1.165, 1.54) is 7.14 Å². The van der Waals surface area contributed by atoms with Crippen LogP contribution in [0.15, 0.2) is 12.1 Å². The molecular formula is C8H7ClI2O. The van der Waals surface area contributed by atoms with Gasteiger partial charge in [0.05, 0.1) is 7.11 Å². The fraction of sp³-hybridized carbons (Fsp3) is 0.250. The molecule has 12 heavy (non-hydrogen) atoms. The van der Waals surface area contributed by atoms with E-state index in [4.69, 9.17) is 16.3 Å². The predicted octanol–water partition coefficient (Wildman–Crippen LogP) is 3.64. The molecule has 1 rings (SSSR count). The van der Waals surface area contributed by atoms with Gasteiger partial charge >= 0.3 is 0 Å². The van der Waals surface area contributed by atoms with Gasteiger partial charge in [-0.25, -0.2) is 0 Å². The molecule has 1 aromatic rings. The van der Waals surface area contributed by atoms with Gasteiger partial charge in [-0.2, -0.15) is 0 Å². The Labute approximate surface area is 104 Å². The second-order valence-electron chi connectivity index (χ2n) is 2.22. The van der Waals surface area contributed by atoms with Crippen LogP contribution in [0.1, 0.15) is 5.56 Å². The van der Waals surface area contributed by atoms with Gasteiger partial charge in [-0.15, -0.1) is 11.6 Å². The van der Waals surface area contributed by atoms with Crippen molar-refractivity contribution in [1.82, 2.24) is 0 Å². The van der Waals surface area contributed by atoms with Crippen molar-refractivity contribution in [2.24, 2.45) is 0 Å². The molecular weight excluding hydrogens is 401 g/mol. The molecule has 0 N–H and O–H groups in total. The first-order valence-electron chi connectivity index (χ1n) is 3.27. The third-order valence-corrected chi connectivity index (χ3v) is 4.90. The van der Waals surface area contributed by atoms with Crippen molar-refractivity contribution in [2.75, 3.05) is 7.11 Å². The van der Waals surface area contributed by atoms with Gasteiger partial charge in [0.1, 0.15) is 5.75 Å². The summed E-state index contributed by atoms with van der Waals surface area (Å²) in [7, 11) is 1.66. The van der Waals surface area contributed by atoms with Crippen LogP contribution >= 0.6 is 56.8 Å². The van der Waals surface area contributed by atoms with Gasteiger partial charge in [-0.05, 0) is 62.9 Å². The van der Waals surface area contributed by atoms with Crippen LogP contribution in [-0.4, -0.2) is 7.11 Å². The zero-order valence-corrected chi connectivity index (χ0v) is 11.5. The Kier molecular flexibility index (Phi) is 4.39. The van der Waals surface area contributed by atoms with Crippen molar-refractivity contribution < 1.29 is 4.74 Å². The van der Waals surface area contributed by atoms with Gasteiger partial charge in [0.25, 0.3) is 0 Å². The first-order chi connectivity index (χ1) is 5.69. The van der Waals surface area contributed by atoms with Crippen molar-refractivity contribution >= 4 is 56.8 Å². The summed E-state index contributed by atoms with van der Waals surface area (Å²) in [6, 6.07) is 3.97. The van der Waals surface area contributed by atoms with Gasteiger partial charge in [0, 0.05) is 13.0 Å². The highest BCUT2D eigenvalue weighted by atomic mass is 127. The van der Waals surface area contributed by atoms with Crippen LogP contribution in [0.3, 0.4) is 0 Å². The molecule has 4 heteroatoms. The quantitative estimate of drug-likeness (QED) is 0.536. The summed E-state index contributed by atoms with van der Waals surface area (Å²) in [5, 5.41) is 0. The number of benzene rings is 1. The number of alkyl halides is 1. The van der Waals surface area contributed by atoms with Crippen molar-refractivity contribution in [3.05, 3.63) is 24.8 Å². The smallest absolute Gasteiger partial charge is 0.120 e. The van der Waals surface area contributed by atoms with Crippen LogP contribution < -0.4 is 4.74 Å². The molecule has 0 atom stereocenters. The van der Waals surface area contributed by atoms with E-state index in [2.05, 4.69) is 45.2 Å². The molecule has 0 heterocycles. The standard InChI is InChI=1S/C8H7ClI2O/c1-12-6-2-5(4-9)8(11)7(10)3-6/h2-3H,4H2,1H3. The van der Waals surface area contributed by atoms with Crippen LogP contribution in [0.5, 0.6) is 5.75 Å². The average molecular weight is 408 g/mol. The molecule has 0 radical (unpaired) electrons. The van der Waals surface area contributed by atoms with E-state index in [1.807, 2.05) is 12.1 Å². The Morgan fingerprint density at radius 1 is 1.42 bits per heavy atom. The fourth-order valence-corrected chi connectivity index (χ4v) is 2.43. The zero-order valence-electron chi connectivity index (χ0n) is 6.40. The third kappa shape index (κ3) is 2.38. The van der Waals surface area contributed by atoms with Crippen LogP contribution in [0.25, 0.3) is 0 Å². The molecule has 0 bridgehead atoms. The molecule has 1 aromatic carbocycles. The summed E-state index contributed by atoms with van der Waals surface area (Å²) in [5.74, 6) is 1.40. The van der Waals surface area contributed by atoms with E-state index in [-0.39, 0.29) is 0 Å². The van der Waals surface area contributed by atoms with Crippen LogP contribution in [0.2, 0.25) is 0 Å². The Morgan fingerprint density at radius 2 is 2.08 bits per heavy atom. The molecule has 0 aliphatic carbocycles. The van der Waals surface area contributed by atoms with Gasteiger partial charge < -0.3 is 4.74 Å². The minimum absolute atomic E-state index is 0.533. The highest BCUT2D eigenvalue weighted by Crippen LogP contribution is 2.26. The SMILES string of the molecule is COc1cc(I)c(I)c(CCl)c1. The summed E-state index contributed by atoms with van der Waals surface area (Å²) in [5.41, 5.74) is 1.13. The largest absolute Gasteiger partial charge is 0.497 e. The van der Waals surface area contributed by atoms with E-state index in [1.54, 1.807) is 7.11 Å². The fourth-order valence-electron chi connectivity index (χ4n) is 0.833. The monoisotopic (exact) mass is 408 g/mol. The topological polar surface area (TPSA) is 9.23 Å². The Morgan fingerprint density at radius 3 is 2.58 bits per heavy atom. The Bertz CT molecular complexity index is 289. The van der Waals surface area contributed by atoms with Crippen LogP contribution in [-0.2, 0) is 5.88 Å². The first kappa shape index (κ1) is 10.8. The predicted molar refractivity (Wildman–Crippen MR) is 68.0 cm³/mol. The lowest BCUT2D eigenvalue weighted by atomic mass is 10.2. The number of rotatable bonds is 2. The summed E-state index contributed by atoms with van der Waals surface area (Å²) >= 11 is 10.3. The van der Waals surface area contributed by atoms with E-state index in [0.29, 0.717) is 5.88 Å². The van der Waals surface area contributed by atoms with Crippen molar-refractivity contribution in [2.45, 2.75) is 5.88 Å². The minimum Gasteiger partial charge on any atom is -0.497 e. The number of hydrogen-bond acceptors (Lipinski definition) is 1. The molecule has 0 spiro atoms. The molecule has 0 saturated carbocycles. The van der Waals surface area contributed by atoms with E-state index >= 15 is 0 Å². The normalized spacial score (nSPS) is 10.0. The zero-order chi connectivity index (χ0) is 9.14. The molecule has 66 valence electrons. The van der Waals surface area contributed by atoms with Crippen LogP contribution in [0.4, 0.5) is 0 Å². The third-order valence-electron chi connectivity index (χ3n) is 1.46. The molecule has 0 saturated heterocycles. The molecule has 0 aliphatic rings. The summed E-state index contributed by atoms with van der Waals surface area (Å²) in [6.45, 7) is 0. The maximum atomic E-state index is 5.77. The maximum absolute atomic E-state index is 5.77. The minimum atomic E-state index is 0.533. The molecule has 0 aromatic heterocycles. The van der Waals surface area contributed by atoms with Gasteiger partial charge in [0.15, 0.2) is 0 Å². The van der Waals surface area contributed by atoms with Crippen LogP contribution in [0, 0.1) is 7.14 Å². The average Bonchev–Trinajstić information content (AvgIpc) is 2.09. The summed E-state index contributed by atoms with van der Waals surface area (Å²) in [4.78, 5) is 0. The highest BCUT2D eigenvalue weighted by Gasteiger charge is 2.05. The second-order valence-corrected chi connectivity index (χ2v) is 4.72. The molecule has 0 unspecified atom stereocenters. The molecule has 1 nitrogen and oxygen atoms in total. The Hall–Kier alpha value is 0.770. The lowest BCUT2D eigenvalue weighted by molar-refractivity contribution is 0.414. The van der Waals surface area contributed by atoms with E-state index < -0.39 is 0 Å². The van der Waals surface area contributed by atoms with Crippen molar-refractivity contribution in [3.8, 4) is 5.75 Å². The summed E-state index contributed by atoms with van der Waals surface area (Å²) < 4.78 is 7.52. The maximum Gasteiger partial charge on any atom is 0.120 e. The number of hydrogen-bond donors (Lipinski definition) is 0. The van der Waals surface area contributed by atoms with Gasteiger partial charge in [0.2, 0.25) is 0 Å². The molecule has 0 fully saturated rings. The van der Waals surface area contributed by atoms with Gasteiger partial charge in [-0.3, -0.25) is 0 Å². The number of halogens is 3.